The van der Waals surface area contributed by atoms with Gasteiger partial charge in [0.05, 0.1) is 4.92 Å². The van der Waals surface area contributed by atoms with Crippen LogP contribution in [0, 0.1) is 17.0 Å². The largest absolute Gasteiger partial charge is 0.316 e. The van der Waals surface area contributed by atoms with E-state index in [1.54, 1.807) is 19.1 Å². The Kier molecular flexibility index (Phi) is 3.51. The number of carbonyl (C=O) groups is 1. The van der Waals surface area contributed by atoms with Crippen molar-refractivity contribution < 1.29 is 9.72 Å². The maximum absolute atomic E-state index is 11.9. The molecule has 6 heteroatoms. The quantitative estimate of drug-likeness (QED) is 0.676. The van der Waals surface area contributed by atoms with Gasteiger partial charge in [0.15, 0.2) is 0 Å². The topological polar surface area (TPSA) is 85.1 Å². The molecule has 2 aromatic rings. The summed E-state index contributed by atoms with van der Waals surface area (Å²) in [5.41, 5.74) is 0.986. The number of anilines is 1. The maximum Gasteiger partial charge on any atom is 0.295 e. The molecule has 0 atom stereocenters. The summed E-state index contributed by atoms with van der Waals surface area (Å²) in [7, 11) is 0. The lowest BCUT2D eigenvalue weighted by molar-refractivity contribution is -0.384. The number of aryl methyl sites for hydroxylation is 1. The number of hydrogen-bond acceptors (Lipinski definition) is 4. The molecule has 0 aliphatic carbocycles. The minimum absolute atomic E-state index is 0.0927. The third-order valence-corrected chi connectivity index (χ3v) is 2.61. The normalized spacial score (nSPS) is 9.95. The fourth-order valence-electron chi connectivity index (χ4n) is 1.70. The molecule has 0 bridgehead atoms. The second kappa shape index (κ2) is 5.26. The minimum atomic E-state index is -0.502. The molecule has 0 unspecified atom stereocenters. The van der Waals surface area contributed by atoms with E-state index >= 15 is 0 Å². The first-order valence-electron chi connectivity index (χ1n) is 5.55. The summed E-state index contributed by atoms with van der Waals surface area (Å²) < 4.78 is 0. The highest BCUT2D eigenvalue weighted by molar-refractivity contribution is 6.05. The van der Waals surface area contributed by atoms with Gasteiger partial charge in [0.1, 0.15) is 5.69 Å². The van der Waals surface area contributed by atoms with E-state index in [0.29, 0.717) is 11.1 Å². The predicted molar refractivity (Wildman–Crippen MR) is 70.0 cm³/mol. The Morgan fingerprint density at radius 2 is 1.95 bits per heavy atom. The molecule has 6 nitrogen and oxygen atoms in total. The summed E-state index contributed by atoms with van der Waals surface area (Å²) >= 11 is 0. The maximum atomic E-state index is 11.9. The van der Waals surface area contributed by atoms with Gasteiger partial charge in [0.25, 0.3) is 11.6 Å². The standard InChI is InChI=1S/C13H11N3O3/c1-9-3-2-4-11(12(9)16(18)19)15-13(17)10-5-7-14-8-6-10/h2-8H,1H3,(H,15,17). The number of benzene rings is 1. The molecule has 1 aromatic carbocycles. The van der Waals surface area contributed by atoms with Crippen molar-refractivity contribution in [2.75, 3.05) is 5.32 Å². The number of nitrogens with zero attached hydrogens (tertiary/aromatic N) is 2. The van der Waals surface area contributed by atoms with E-state index in [4.69, 9.17) is 0 Å². The Morgan fingerprint density at radius 1 is 1.26 bits per heavy atom. The molecule has 0 saturated carbocycles. The Balaban J connectivity index is 2.32. The van der Waals surface area contributed by atoms with Crippen LogP contribution in [-0.4, -0.2) is 15.8 Å². The monoisotopic (exact) mass is 257 g/mol. The zero-order chi connectivity index (χ0) is 13.8. The van der Waals surface area contributed by atoms with Crippen LogP contribution in [0.3, 0.4) is 0 Å². The van der Waals surface area contributed by atoms with Crippen molar-refractivity contribution in [3.8, 4) is 0 Å². The van der Waals surface area contributed by atoms with Crippen LogP contribution in [0.4, 0.5) is 11.4 Å². The van der Waals surface area contributed by atoms with Gasteiger partial charge in [-0.2, -0.15) is 0 Å². The minimum Gasteiger partial charge on any atom is -0.316 e. The number of nitro groups is 1. The van der Waals surface area contributed by atoms with Crippen LogP contribution in [0.5, 0.6) is 0 Å². The van der Waals surface area contributed by atoms with E-state index < -0.39 is 10.8 Å². The third-order valence-electron chi connectivity index (χ3n) is 2.61. The molecule has 0 aliphatic rings. The number of nitrogens with one attached hydrogen (secondary N) is 1. The zero-order valence-corrected chi connectivity index (χ0v) is 10.2. The van der Waals surface area contributed by atoms with Gasteiger partial charge < -0.3 is 5.32 Å². The molecule has 2 rings (SSSR count). The molecule has 1 aromatic heterocycles. The van der Waals surface area contributed by atoms with Gasteiger partial charge in [-0.15, -0.1) is 0 Å². The van der Waals surface area contributed by atoms with Gasteiger partial charge in [-0.05, 0) is 25.1 Å². The molecule has 0 saturated heterocycles. The lowest BCUT2D eigenvalue weighted by Crippen LogP contribution is -2.13. The van der Waals surface area contributed by atoms with E-state index in [1.165, 1.54) is 30.6 Å². The van der Waals surface area contributed by atoms with Crippen LogP contribution in [0.1, 0.15) is 15.9 Å². The Morgan fingerprint density at radius 3 is 2.58 bits per heavy atom. The van der Waals surface area contributed by atoms with Gasteiger partial charge in [0, 0.05) is 23.5 Å². The molecule has 1 amide bonds. The van der Waals surface area contributed by atoms with Gasteiger partial charge in [-0.25, -0.2) is 0 Å². The fraction of sp³-hybridized carbons (Fsp3) is 0.0769. The second-order valence-corrected chi connectivity index (χ2v) is 3.92. The summed E-state index contributed by atoms with van der Waals surface area (Å²) in [6, 6.07) is 7.86. The Bertz CT molecular complexity index is 626. The molecule has 0 spiro atoms. The van der Waals surface area contributed by atoms with Gasteiger partial charge in [-0.1, -0.05) is 12.1 Å². The van der Waals surface area contributed by atoms with Crippen molar-refractivity contribution in [3.63, 3.8) is 0 Å². The number of para-hydroxylation sites is 1. The molecule has 0 radical (unpaired) electrons. The van der Waals surface area contributed by atoms with Gasteiger partial charge in [0.2, 0.25) is 0 Å². The molecular formula is C13H11N3O3. The van der Waals surface area contributed by atoms with E-state index in [0.717, 1.165) is 0 Å². The van der Waals surface area contributed by atoms with E-state index in [2.05, 4.69) is 10.3 Å². The van der Waals surface area contributed by atoms with Crippen molar-refractivity contribution in [1.29, 1.82) is 0 Å². The predicted octanol–water partition coefficient (Wildman–Crippen LogP) is 2.55. The Labute approximate surface area is 109 Å². The van der Waals surface area contributed by atoms with Crippen LogP contribution >= 0.6 is 0 Å². The van der Waals surface area contributed by atoms with Crippen LogP contribution in [0.15, 0.2) is 42.7 Å². The highest BCUT2D eigenvalue weighted by Gasteiger charge is 2.18. The van der Waals surface area contributed by atoms with Crippen molar-refractivity contribution in [1.82, 2.24) is 4.98 Å². The van der Waals surface area contributed by atoms with Crippen molar-refractivity contribution >= 4 is 17.3 Å². The van der Waals surface area contributed by atoms with Crippen molar-refractivity contribution in [2.45, 2.75) is 6.92 Å². The van der Waals surface area contributed by atoms with Crippen LogP contribution in [0.25, 0.3) is 0 Å². The number of rotatable bonds is 3. The molecular weight excluding hydrogens is 246 g/mol. The average Bonchev–Trinajstić information content (AvgIpc) is 2.39. The molecule has 1 heterocycles. The summed E-state index contributed by atoms with van der Waals surface area (Å²) in [6.45, 7) is 1.63. The smallest absolute Gasteiger partial charge is 0.295 e. The number of hydrogen-bond donors (Lipinski definition) is 1. The van der Waals surface area contributed by atoms with Crippen LogP contribution in [0.2, 0.25) is 0 Å². The number of aromatic nitrogens is 1. The van der Waals surface area contributed by atoms with E-state index in [1.807, 2.05) is 0 Å². The Hall–Kier alpha value is -2.76. The molecule has 19 heavy (non-hydrogen) atoms. The van der Waals surface area contributed by atoms with Gasteiger partial charge >= 0.3 is 0 Å². The highest BCUT2D eigenvalue weighted by atomic mass is 16.6. The lowest BCUT2D eigenvalue weighted by atomic mass is 10.1. The molecule has 1 N–H and O–H groups in total. The lowest BCUT2D eigenvalue weighted by Gasteiger charge is -2.07. The first-order valence-corrected chi connectivity index (χ1v) is 5.55. The van der Waals surface area contributed by atoms with Crippen LogP contribution in [-0.2, 0) is 0 Å². The number of carbonyl (C=O) groups excluding carboxylic acids is 1. The van der Waals surface area contributed by atoms with Crippen LogP contribution < -0.4 is 5.32 Å². The fourth-order valence-corrected chi connectivity index (χ4v) is 1.70. The second-order valence-electron chi connectivity index (χ2n) is 3.92. The van der Waals surface area contributed by atoms with E-state index in [9.17, 15) is 14.9 Å². The molecule has 96 valence electrons. The number of amides is 1. The van der Waals surface area contributed by atoms with Crippen molar-refractivity contribution in [3.05, 3.63) is 64.0 Å². The summed E-state index contributed by atoms with van der Waals surface area (Å²) in [5.74, 6) is -0.406. The zero-order valence-electron chi connectivity index (χ0n) is 10.2. The van der Waals surface area contributed by atoms with Crippen molar-refractivity contribution in [2.24, 2.45) is 0 Å². The molecule has 0 aliphatic heterocycles. The summed E-state index contributed by atoms with van der Waals surface area (Å²) in [6.07, 6.45) is 2.97. The summed E-state index contributed by atoms with van der Waals surface area (Å²) in [4.78, 5) is 26.2. The average molecular weight is 257 g/mol. The first-order chi connectivity index (χ1) is 9.09. The third kappa shape index (κ3) is 2.74. The SMILES string of the molecule is Cc1cccc(NC(=O)c2ccncc2)c1[N+](=O)[O-]. The molecule has 0 fully saturated rings. The number of pyridine rings is 1. The number of nitro benzene ring substituents is 1. The van der Waals surface area contributed by atoms with E-state index in [-0.39, 0.29) is 11.4 Å². The van der Waals surface area contributed by atoms with Gasteiger partial charge in [-0.3, -0.25) is 19.9 Å². The summed E-state index contributed by atoms with van der Waals surface area (Å²) in [5, 5.41) is 13.5. The first kappa shape index (κ1) is 12.7. The highest BCUT2D eigenvalue weighted by Crippen LogP contribution is 2.28.